The van der Waals surface area contributed by atoms with E-state index in [0.29, 0.717) is 5.02 Å². The van der Waals surface area contributed by atoms with Crippen molar-refractivity contribution in [1.82, 2.24) is 0 Å². The maximum atomic E-state index is 6.14. The van der Waals surface area contributed by atoms with Crippen molar-refractivity contribution in [3.63, 3.8) is 0 Å². The van der Waals surface area contributed by atoms with E-state index >= 15 is 0 Å². The molecule has 1 heterocycles. The van der Waals surface area contributed by atoms with Crippen LogP contribution in [0.25, 0.3) is 0 Å². The van der Waals surface area contributed by atoms with Crippen molar-refractivity contribution < 1.29 is 9.64 Å². The molecule has 0 amide bonds. The molecule has 0 bridgehead atoms. The van der Waals surface area contributed by atoms with Crippen molar-refractivity contribution in [1.29, 1.82) is 0 Å². The van der Waals surface area contributed by atoms with Crippen LogP contribution in [-0.2, 0) is 0 Å². The number of halogens is 2. The van der Waals surface area contributed by atoms with Crippen molar-refractivity contribution in [3.8, 4) is 5.75 Å². The monoisotopic (exact) mass is 346 g/mol. The molecule has 0 radical (unpaired) electrons. The van der Waals surface area contributed by atoms with Gasteiger partial charge in [-0.05, 0) is 24.6 Å². The highest BCUT2D eigenvalue weighted by Gasteiger charge is 2.24. The quantitative estimate of drug-likeness (QED) is 0.884. The van der Waals surface area contributed by atoms with Gasteiger partial charge in [0.25, 0.3) is 0 Å². The highest BCUT2D eigenvalue weighted by molar-refractivity contribution is 9.10. The van der Waals surface area contributed by atoms with Crippen LogP contribution in [0.2, 0.25) is 5.02 Å². The number of piperidine rings is 1. The lowest BCUT2D eigenvalue weighted by Crippen LogP contribution is -3.14. The van der Waals surface area contributed by atoms with Crippen LogP contribution in [0.5, 0.6) is 5.75 Å². The van der Waals surface area contributed by atoms with Gasteiger partial charge >= 0.3 is 0 Å². The maximum absolute atomic E-state index is 6.14. The Balaban J connectivity index is 1.80. The molecular weight excluding hydrogens is 326 g/mol. The second-order valence-corrected chi connectivity index (χ2v) is 7.10. The summed E-state index contributed by atoms with van der Waals surface area (Å²) in [6, 6.07) is 5.75. The fraction of sp³-hybridized carbons (Fsp3) is 0.600. The maximum Gasteiger partial charge on any atom is 0.138 e. The number of nitrogens with one attached hydrogen (secondary N) is 1. The summed E-state index contributed by atoms with van der Waals surface area (Å²) in [5.74, 6) is 2.44. The van der Waals surface area contributed by atoms with Crippen LogP contribution in [0.1, 0.15) is 20.3 Å². The first-order valence-corrected chi connectivity index (χ1v) is 8.13. The fourth-order valence-corrected chi connectivity index (χ4v) is 3.75. The minimum absolute atomic E-state index is 0.671. The van der Waals surface area contributed by atoms with Crippen LogP contribution in [0, 0.1) is 11.8 Å². The molecule has 1 aliphatic rings. The molecule has 1 aliphatic heterocycles. The molecule has 1 aromatic rings. The predicted octanol–water partition coefficient (Wildman–Crippen LogP) is 3.04. The molecular formula is C15H22BrClNO+. The first-order chi connectivity index (χ1) is 9.04. The number of likely N-dealkylation sites (tertiary alicyclic amines) is 1. The average molecular weight is 348 g/mol. The smallest absolute Gasteiger partial charge is 0.138 e. The average Bonchev–Trinajstić information content (AvgIpc) is 2.30. The Morgan fingerprint density at radius 3 is 2.63 bits per heavy atom. The summed E-state index contributed by atoms with van der Waals surface area (Å²) in [5.41, 5.74) is 0. The molecule has 2 atom stereocenters. The Morgan fingerprint density at radius 2 is 2.00 bits per heavy atom. The molecule has 0 aliphatic carbocycles. The van der Waals surface area contributed by atoms with E-state index < -0.39 is 0 Å². The van der Waals surface area contributed by atoms with E-state index in [1.54, 1.807) is 4.90 Å². The van der Waals surface area contributed by atoms with Gasteiger partial charge in [0, 0.05) is 16.3 Å². The third kappa shape index (κ3) is 4.66. The van der Waals surface area contributed by atoms with Gasteiger partial charge in [0.1, 0.15) is 18.9 Å². The molecule has 1 fully saturated rings. The summed E-state index contributed by atoms with van der Waals surface area (Å²) in [7, 11) is 0. The normalized spacial score (nSPS) is 27.3. The summed E-state index contributed by atoms with van der Waals surface area (Å²) in [6.45, 7) is 9.02. The topological polar surface area (TPSA) is 13.7 Å². The van der Waals surface area contributed by atoms with Gasteiger partial charge in [-0.25, -0.2) is 0 Å². The van der Waals surface area contributed by atoms with Crippen LogP contribution in [0.3, 0.4) is 0 Å². The van der Waals surface area contributed by atoms with Gasteiger partial charge in [0.05, 0.1) is 18.1 Å². The van der Waals surface area contributed by atoms with Crippen molar-refractivity contribution in [2.24, 2.45) is 11.8 Å². The second kappa shape index (κ2) is 6.96. The van der Waals surface area contributed by atoms with Crippen LogP contribution < -0.4 is 9.64 Å². The Morgan fingerprint density at radius 1 is 1.32 bits per heavy atom. The summed E-state index contributed by atoms with van der Waals surface area (Å²) >= 11 is 9.53. The molecule has 4 heteroatoms. The van der Waals surface area contributed by atoms with Gasteiger partial charge in [0.2, 0.25) is 0 Å². The SMILES string of the molecule is C[C@@H]1C[C@@H](C)C[NH+](CCOc2ccc(Br)cc2Cl)C1. The largest absolute Gasteiger partial charge is 0.486 e. The summed E-state index contributed by atoms with van der Waals surface area (Å²) < 4.78 is 6.77. The third-order valence-corrected chi connectivity index (χ3v) is 4.47. The van der Waals surface area contributed by atoms with Gasteiger partial charge in [-0.1, -0.05) is 41.4 Å². The number of quaternary nitrogens is 1. The van der Waals surface area contributed by atoms with E-state index in [2.05, 4.69) is 29.8 Å². The second-order valence-electron chi connectivity index (χ2n) is 5.78. The summed E-state index contributed by atoms with van der Waals surface area (Å²) in [4.78, 5) is 1.65. The summed E-state index contributed by atoms with van der Waals surface area (Å²) in [5, 5.41) is 0.671. The molecule has 0 spiro atoms. The van der Waals surface area contributed by atoms with Crippen molar-refractivity contribution in [2.75, 3.05) is 26.2 Å². The molecule has 1 aromatic carbocycles. The standard InChI is InChI=1S/C15H21BrClNO/c1-11-7-12(2)10-18(9-11)5-6-19-15-4-3-13(16)8-14(15)17/h3-4,8,11-12H,5-7,9-10H2,1-2H3/p+1/t11-,12-/m1/s1. The van der Waals surface area contributed by atoms with Gasteiger partial charge in [0.15, 0.2) is 0 Å². The number of hydrogen-bond acceptors (Lipinski definition) is 1. The van der Waals surface area contributed by atoms with E-state index in [1.165, 1.54) is 19.5 Å². The van der Waals surface area contributed by atoms with Gasteiger partial charge in [-0.15, -0.1) is 0 Å². The lowest BCUT2D eigenvalue weighted by Gasteiger charge is -2.31. The zero-order valence-electron chi connectivity index (χ0n) is 11.6. The first kappa shape index (κ1) is 15.1. The third-order valence-electron chi connectivity index (χ3n) is 3.69. The zero-order valence-corrected chi connectivity index (χ0v) is 13.9. The van der Waals surface area contributed by atoms with Crippen LogP contribution >= 0.6 is 27.5 Å². The number of rotatable bonds is 4. The Labute approximate surface area is 129 Å². The lowest BCUT2D eigenvalue weighted by molar-refractivity contribution is -0.912. The van der Waals surface area contributed by atoms with Gasteiger partial charge in [-0.3, -0.25) is 0 Å². The van der Waals surface area contributed by atoms with Crippen LogP contribution in [-0.4, -0.2) is 26.2 Å². The number of benzene rings is 1. The van der Waals surface area contributed by atoms with E-state index in [4.69, 9.17) is 16.3 Å². The first-order valence-electron chi connectivity index (χ1n) is 6.96. The molecule has 1 saturated heterocycles. The highest BCUT2D eigenvalue weighted by atomic mass is 79.9. The Kier molecular flexibility index (Phi) is 5.55. The van der Waals surface area contributed by atoms with E-state index in [0.717, 1.165) is 35.2 Å². The number of hydrogen-bond donors (Lipinski definition) is 1. The Bertz CT molecular complexity index is 417. The molecule has 19 heavy (non-hydrogen) atoms. The van der Waals surface area contributed by atoms with Crippen LogP contribution in [0.15, 0.2) is 22.7 Å². The summed E-state index contributed by atoms with van der Waals surface area (Å²) in [6.07, 6.45) is 1.36. The highest BCUT2D eigenvalue weighted by Crippen LogP contribution is 2.27. The van der Waals surface area contributed by atoms with Gasteiger partial charge < -0.3 is 9.64 Å². The van der Waals surface area contributed by atoms with Gasteiger partial charge in [-0.2, -0.15) is 0 Å². The van der Waals surface area contributed by atoms with Crippen LogP contribution in [0.4, 0.5) is 0 Å². The predicted molar refractivity (Wildman–Crippen MR) is 83.2 cm³/mol. The van der Waals surface area contributed by atoms with E-state index in [9.17, 15) is 0 Å². The zero-order chi connectivity index (χ0) is 13.8. The van der Waals surface area contributed by atoms with Crippen molar-refractivity contribution in [3.05, 3.63) is 27.7 Å². The lowest BCUT2D eigenvalue weighted by atomic mass is 9.92. The van der Waals surface area contributed by atoms with E-state index in [-0.39, 0.29) is 0 Å². The molecule has 0 aromatic heterocycles. The molecule has 2 nitrogen and oxygen atoms in total. The molecule has 106 valence electrons. The molecule has 1 N–H and O–H groups in total. The molecule has 0 unspecified atom stereocenters. The van der Waals surface area contributed by atoms with Crippen molar-refractivity contribution in [2.45, 2.75) is 20.3 Å². The minimum Gasteiger partial charge on any atom is -0.486 e. The number of ether oxygens (including phenoxy) is 1. The molecule has 0 saturated carbocycles. The minimum atomic E-state index is 0.671. The fourth-order valence-electron chi connectivity index (χ4n) is 3.02. The van der Waals surface area contributed by atoms with E-state index in [1.807, 2.05) is 18.2 Å². The Hall–Kier alpha value is -0.250. The molecule has 2 rings (SSSR count). The van der Waals surface area contributed by atoms with Crippen molar-refractivity contribution >= 4 is 27.5 Å².